The van der Waals surface area contributed by atoms with Gasteiger partial charge in [0.15, 0.2) is 0 Å². The van der Waals surface area contributed by atoms with Gasteiger partial charge in [0.25, 0.3) is 0 Å². The number of hydrogen-bond acceptors (Lipinski definition) is 2. The van der Waals surface area contributed by atoms with Crippen molar-refractivity contribution in [1.82, 2.24) is 0 Å². The van der Waals surface area contributed by atoms with E-state index in [-0.39, 0.29) is 0 Å². The van der Waals surface area contributed by atoms with Gasteiger partial charge in [0, 0.05) is 6.26 Å². The molecular weight excluding hydrogens is 168 g/mol. The topological polar surface area (TPSA) is 9.23 Å². The predicted octanol–water partition coefficient (Wildman–Crippen LogP) is 3.13. The third kappa shape index (κ3) is 2.83. The molecule has 0 radical (unpaired) electrons. The van der Waals surface area contributed by atoms with E-state index in [1.807, 2.05) is 6.26 Å². The van der Waals surface area contributed by atoms with E-state index in [4.69, 9.17) is 4.18 Å². The highest BCUT2D eigenvalue weighted by atomic mass is 32.2. The lowest BCUT2D eigenvalue weighted by atomic mass is 9.92. The van der Waals surface area contributed by atoms with E-state index in [1.165, 1.54) is 18.5 Å². The van der Waals surface area contributed by atoms with Crippen molar-refractivity contribution in [2.75, 3.05) is 12.9 Å². The molecule has 3 unspecified atom stereocenters. The van der Waals surface area contributed by atoms with Gasteiger partial charge in [-0.15, -0.1) is 0 Å². The summed E-state index contributed by atoms with van der Waals surface area (Å²) in [4.78, 5) is 0. The van der Waals surface area contributed by atoms with Crippen LogP contribution in [-0.4, -0.2) is 12.9 Å². The van der Waals surface area contributed by atoms with Crippen LogP contribution in [0.4, 0.5) is 0 Å². The molecule has 3 atom stereocenters. The van der Waals surface area contributed by atoms with Crippen LogP contribution in [0.5, 0.6) is 0 Å². The van der Waals surface area contributed by atoms with Crippen LogP contribution in [0.2, 0.25) is 0 Å². The van der Waals surface area contributed by atoms with Crippen LogP contribution in [-0.2, 0) is 4.18 Å². The maximum absolute atomic E-state index is 5.33. The molecule has 2 heteroatoms. The summed E-state index contributed by atoms with van der Waals surface area (Å²) in [7, 11) is 0. The SMILES string of the molecule is CSOCC(C)C1C=CC(C)C1. The molecule has 0 saturated carbocycles. The van der Waals surface area contributed by atoms with Gasteiger partial charge in [0.1, 0.15) is 0 Å². The molecule has 12 heavy (non-hydrogen) atoms. The van der Waals surface area contributed by atoms with Crippen molar-refractivity contribution in [3.63, 3.8) is 0 Å². The Morgan fingerprint density at radius 2 is 2.33 bits per heavy atom. The smallest absolute Gasteiger partial charge is 0.0644 e. The van der Waals surface area contributed by atoms with Crippen molar-refractivity contribution in [2.24, 2.45) is 17.8 Å². The van der Waals surface area contributed by atoms with Crippen molar-refractivity contribution in [1.29, 1.82) is 0 Å². The van der Waals surface area contributed by atoms with Crippen molar-refractivity contribution in [3.8, 4) is 0 Å². The second-order valence-corrected chi connectivity index (χ2v) is 4.26. The molecule has 0 amide bonds. The van der Waals surface area contributed by atoms with Gasteiger partial charge in [-0.1, -0.05) is 26.0 Å². The van der Waals surface area contributed by atoms with E-state index in [2.05, 4.69) is 26.0 Å². The van der Waals surface area contributed by atoms with Crippen LogP contribution in [0.3, 0.4) is 0 Å². The molecule has 0 aromatic heterocycles. The predicted molar refractivity (Wildman–Crippen MR) is 55.0 cm³/mol. The Labute approximate surface area is 79.8 Å². The molecule has 0 aromatic rings. The Morgan fingerprint density at radius 3 is 2.83 bits per heavy atom. The Hall–Kier alpha value is 0.0500. The summed E-state index contributed by atoms with van der Waals surface area (Å²) in [5.41, 5.74) is 0. The third-order valence-electron chi connectivity index (χ3n) is 2.51. The minimum atomic E-state index is 0.665. The molecule has 70 valence electrons. The quantitative estimate of drug-likeness (QED) is 0.493. The summed E-state index contributed by atoms with van der Waals surface area (Å²) >= 11 is 1.47. The molecule has 0 aromatic carbocycles. The maximum Gasteiger partial charge on any atom is 0.0644 e. The summed E-state index contributed by atoms with van der Waals surface area (Å²) < 4.78 is 5.33. The fourth-order valence-electron chi connectivity index (χ4n) is 1.64. The average molecular weight is 186 g/mol. The van der Waals surface area contributed by atoms with Gasteiger partial charge in [-0.05, 0) is 36.2 Å². The zero-order valence-corrected chi connectivity index (χ0v) is 8.93. The lowest BCUT2D eigenvalue weighted by molar-refractivity contribution is 0.252. The van der Waals surface area contributed by atoms with Crippen LogP contribution < -0.4 is 0 Å². The normalized spacial score (nSPS) is 30.9. The highest BCUT2D eigenvalue weighted by Crippen LogP contribution is 2.29. The lowest BCUT2D eigenvalue weighted by Gasteiger charge is -2.17. The van der Waals surface area contributed by atoms with Crippen molar-refractivity contribution >= 4 is 12.0 Å². The van der Waals surface area contributed by atoms with Crippen LogP contribution in [0.1, 0.15) is 20.3 Å². The summed E-state index contributed by atoms with van der Waals surface area (Å²) in [6.07, 6.45) is 7.94. The number of rotatable bonds is 4. The summed E-state index contributed by atoms with van der Waals surface area (Å²) in [6, 6.07) is 0. The maximum atomic E-state index is 5.33. The summed E-state index contributed by atoms with van der Waals surface area (Å²) in [5.74, 6) is 2.18. The molecular formula is C10H18OS. The first kappa shape index (κ1) is 10.1. The zero-order chi connectivity index (χ0) is 8.97. The molecule has 0 bridgehead atoms. The first-order valence-corrected chi connectivity index (χ1v) is 5.73. The van der Waals surface area contributed by atoms with Gasteiger partial charge in [-0.3, -0.25) is 0 Å². The van der Waals surface area contributed by atoms with E-state index in [9.17, 15) is 0 Å². The van der Waals surface area contributed by atoms with E-state index in [0.717, 1.165) is 18.4 Å². The average Bonchev–Trinajstić information content (AvgIpc) is 2.47. The highest BCUT2D eigenvalue weighted by Gasteiger charge is 2.21. The van der Waals surface area contributed by atoms with E-state index in [0.29, 0.717) is 5.92 Å². The Balaban J connectivity index is 2.24. The van der Waals surface area contributed by atoms with Crippen LogP contribution in [0.15, 0.2) is 12.2 Å². The molecule has 0 aliphatic heterocycles. The van der Waals surface area contributed by atoms with Gasteiger partial charge in [0.2, 0.25) is 0 Å². The molecule has 0 saturated heterocycles. The van der Waals surface area contributed by atoms with Gasteiger partial charge >= 0.3 is 0 Å². The van der Waals surface area contributed by atoms with Crippen LogP contribution in [0, 0.1) is 17.8 Å². The van der Waals surface area contributed by atoms with Gasteiger partial charge in [-0.25, -0.2) is 0 Å². The number of hydrogen-bond donors (Lipinski definition) is 0. The second-order valence-electron chi connectivity index (χ2n) is 3.69. The minimum Gasteiger partial charge on any atom is -0.315 e. The summed E-state index contributed by atoms with van der Waals surface area (Å²) in [5, 5.41) is 0. The van der Waals surface area contributed by atoms with Crippen molar-refractivity contribution in [2.45, 2.75) is 20.3 Å². The molecule has 1 aliphatic carbocycles. The first-order valence-electron chi connectivity index (χ1n) is 4.58. The second kappa shape index (κ2) is 4.93. The van der Waals surface area contributed by atoms with Gasteiger partial charge in [-0.2, -0.15) is 0 Å². The van der Waals surface area contributed by atoms with Crippen LogP contribution in [0.25, 0.3) is 0 Å². The monoisotopic (exact) mass is 186 g/mol. The molecule has 0 fully saturated rings. The first-order chi connectivity index (χ1) is 5.74. The standard InChI is InChI=1S/C10H18OS/c1-8-4-5-10(6-8)9(2)7-11-12-3/h4-5,8-10H,6-7H2,1-3H3. The van der Waals surface area contributed by atoms with E-state index < -0.39 is 0 Å². The third-order valence-corrected chi connectivity index (χ3v) is 2.88. The largest absolute Gasteiger partial charge is 0.315 e. The Kier molecular flexibility index (Phi) is 4.16. The van der Waals surface area contributed by atoms with Crippen molar-refractivity contribution in [3.05, 3.63) is 12.2 Å². The molecule has 1 rings (SSSR count). The highest BCUT2D eigenvalue weighted by molar-refractivity contribution is 7.93. The molecule has 0 heterocycles. The molecule has 1 nitrogen and oxygen atoms in total. The molecule has 0 spiro atoms. The minimum absolute atomic E-state index is 0.665. The van der Waals surface area contributed by atoms with E-state index in [1.54, 1.807) is 0 Å². The molecule has 0 N–H and O–H groups in total. The van der Waals surface area contributed by atoms with Crippen LogP contribution >= 0.6 is 12.0 Å². The lowest BCUT2D eigenvalue weighted by Crippen LogP contribution is -2.12. The fourth-order valence-corrected chi connectivity index (χ4v) is 1.99. The fraction of sp³-hybridized carbons (Fsp3) is 0.800. The molecule has 1 aliphatic rings. The Bertz CT molecular complexity index is 156. The number of allylic oxidation sites excluding steroid dienone is 2. The van der Waals surface area contributed by atoms with E-state index >= 15 is 0 Å². The summed E-state index contributed by atoms with van der Waals surface area (Å²) in [6.45, 7) is 5.42. The van der Waals surface area contributed by atoms with Crippen molar-refractivity contribution < 1.29 is 4.18 Å². The Morgan fingerprint density at radius 1 is 1.58 bits per heavy atom. The van der Waals surface area contributed by atoms with Gasteiger partial charge < -0.3 is 4.18 Å². The van der Waals surface area contributed by atoms with Gasteiger partial charge in [0.05, 0.1) is 6.61 Å². The zero-order valence-electron chi connectivity index (χ0n) is 8.12.